The van der Waals surface area contributed by atoms with E-state index in [0.717, 1.165) is 16.9 Å². The van der Waals surface area contributed by atoms with Crippen LogP contribution in [0.4, 0.5) is 5.69 Å². The van der Waals surface area contributed by atoms with Crippen LogP contribution in [0.5, 0.6) is 17.2 Å². The number of rotatable bonds is 5. The number of fused-ring (bicyclic) bond motifs is 2. The first-order chi connectivity index (χ1) is 17.0. The van der Waals surface area contributed by atoms with Gasteiger partial charge in [-0.2, -0.15) is 0 Å². The zero-order chi connectivity index (χ0) is 24.4. The Morgan fingerprint density at radius 1 is 1.00 bits per heavy atom. The predicted octanol–water partition coefficient (Wildman–Crippen LogP) is 3.50. The molecule has 2 aliphatic heterocycles. The molecule has 8 nitrogen and oxygen atoms in total. The number of hydrogen-bond donors (Lipinski definition) is 2. The number of thiocarbonyl (C=S) groups is 1. The van der Waals surface area contributed by atoms with Crippen molar-refractivity contribution < 1.29 is 23.8 Å². The van der Waals surface area contributed by atoms with Gasteiger partial charge in [-0.15, -0.1) is 0 Å². The fraction of sp³-hybridized carbons (Fsp3) is 0.192. The van der Waals surface area contributed by atoms with Crippen LogP contribution in [0.3, 0.4) is 0 Å². The highest BCUT2D eigenvalue weighted by atomic mass is 32.1. The molecule has 0 aliphatic carbocycles. The van der Waals surface area contributed by atoms with Crippen LogP contribution in [0.2, 0.25) is 0 Å². The Bertz CT molecular complexity index is 1270. The first-order valence-electron chi connectivity index (χ1n) is 11.1. The van der Waals surface area contributed by atoms with E-state index in [0.29, 0.717) is 35.7 Å². The maximum atomic E-state index is 12.9. The van der Waals surface area contributed by atoms with E-state index in [2.05, 4.69) is 10.6 Å². The van der Waals surface area contributed by atoms with Gasteiger partial charge in [0, 0.05) is 31.3 Å². The van der Waals surface area contributed by atoms with Crippen molar-refractivity contribution in [3.05, 3.63) is 83.4 Å². The number of ether oxygens (including phenoxy) is 3. The van der Waals surface area contributed by atoms with E-state index in [1.807, 2.05) is 42.5 Å². The third-order valence-electron chi connectivity index (χ3n) is 5.77. The summed E-state index contributed by atoms with van der Waals surface area (Å²) < 4.78 is 16.4. The van der Waals surface area contributed by atoms with Crippen molar-refractivity contribution in [3.63, 3.8) is 0 Å². The maximum absolute atomic E-state index is 12.9. The quantitative estimate of drug-likeness (QED) is 0.531. The highest BCUT2D eigenvalue weighted by Gasteiger charge is 2.29. The topological polar surface area (TPSA) is 89.1 Å². The number of nitrogens with zero attached hydrogens (tertiary/aromatic N) is 1. The Morgan fingerprint density at radius 2 is 1.77 bits per heavy atom. The van der Waals surface area contributed by atoms with E-state index in [-0.39, 0.29) is 23.7 Å². The molecule has 178 valence electrons. The molecule has 35 heavy (non-hydrogen) atoms. The maximum Gasteiger partial charge on any atom is 0.267 e. The number of para-hydroxylation sites is 1. The lowest BCUT2D eigenvalue weighted by Gasteiger charge is -2.18. The number of carbonyl (C=O) groups excluding carboxylic acids is 2. The molecule has 2 N–H and O–H groups in total. The van der Waals surface area contributed by atoms with Crippen molar-refractivity contribution in [2.24, 2.45) is 0 Å². The van der Waals surface area contributed by atoms with Crippen LogP contribution in [0.1, 0.15) is 21.5 Å². The summed E-state index contributed by atoms with van der Waals surface area (Å²) in [6.07, 6.45) is -0.117. The van der Waals surface area contributed by atoms with E-state index >= 15 is 0 Å². The summed E-state index contributed by atoms with van der Waals surface area (Å²) in [7, 11) is 1.74. The van der Waals surface area contributed by atoms with E-state index < -0.39 is 6.10 Å². The lowest BCUT2D eigenvalue weighted by atomic mass is 10.1. The molecule has 0 fully saturated rings. The lowest BCUT2D eigenvalue weighted by Crippen LogP contribution is -2.42. The highest BCUT2D eigenvalue weighted by molar-refractivity contribution is 7.80. The third kappa shape index (κ3) is 5.04. The van der Waals surface area contributed by atoms with Crippen LogP contribution in [0, 0.1) is 0 Å². The molecule has 0 bridgehead atoms. The largest absolute Gasteiger partial charge is 0.480 e. The molecule has 0 aromatic heterocycles. The third-order valence-corrected chi connectivity index (χ3v) is 5.97. The molecule has 1 atom stereocenters. The van der Waals surface area contributed by atoms with Crippen LogP contribution in [-0.2, 0) is 17.8 Å². The van der Waals surface area contributed by atoms with E-state index in [1.165, 1.54) is 0 Å². The van der Waals surface area contributed by atoms with Crippen LogP contribution in [-0.4, -0.2) is 41.8 Å². The fourth-order valence-electron chi connectivity index (χ4n) is 3.98. The molecular weight excluding hydrogens is 466 g/mol. The molecule has 9 heteroatoms. The summed E-state index contributed by atoms with van der Waals surface area (Å²) in [6, 6.07) is 20.1. The van der Waals surface area contributed by atoms with Gasteiger partial charge < -0.3 is 24.4 Å². The Labute approximate surface area is 207 Å². The van der Waals surface area contributed by atoms with Gasteiger partial charge in [-0.25, -0.2) is 0 Å². The van der Waals surface area contributed by atoms with Gasteiger partial charge in [0.05, 0.1) is 0 Å². The second-order valence-electron chi connectivity index (χ2n) is 8.29. The SMILES string of the molecule is CN(Cc1ccc2c(c1)OCO2)C(=O)c1ccc(NC(=S)NC(=O)C2Cc3ccccc3O2)cc1. The Balaban J connectivity index is 1.13. The van der Waals surface area contributed by atoms with Crippen LogP contribution in [0.25, 0.3) is 0 Å². The minimum Gasteiger partial charge on any atom is -0.480 e. The number of carbonyl (C=O) groups is 2. The molecule has 3 aromatic carbocycles. The van der Waals surface area contributed by atoms with Crippen LogP contribution < -0.4 is 24.8 Å². The minimum absolute atomic E-state index is 0.122. The van der Waals surface area contributed by atoms with E-state index in [4.69, 9.17) is 26.4 Å². The Kier molecular flexibility index (Phi) is 6.24. The molecule has 0 spiro atoms. The average Bonchev–Trinajstić information content (AvgIpc) is 3.50. The van der Waals surface area contributed by atoms with Gasteiger partial charge in [0.2, 0.25) is 6.79 Å². The van der Waals surface area contributed by atoms with Gasteiger partial charge in [-0.05, 0) is 65.8 Å². The molecule has 2 amide bonds. The normalized spacial score (nSPS) is 15.1. The second kappa shape index (κ2) is 9.63. The summed E-state index contributed by atoms with van der Waals surface area (Å²) in [4.78, 5) is 27.0. The van der Waals surface area contributed by atoms with Gasteiger partial charge in [0.15, 0.2) is 22.7 Å². The molecule has 0 saturated carbocycles. The summed E-state index contributed by atoms with van der Waals surface area (Å²) in [5.41, 5.74) is 3.13. The molecule has 2 heterocycles. The monoisotopic (exact) mass is 489 g/mol. The van der Waals surface area contributed by atoms with E-state index in [1.54, 1.807) is 36.2 Å². The molecule has 0 radical (unpaired) electrons. The number of anilines is 1. The molecule has 0 saturated heterocycles. The van der Waals surface area contributed by atoms with Crippen molar-refractivity contribution in [2.75, 3.05) is 19.2 Å². The zero-order valence-corrected chi connectivity index (χ0v) is 19.8. The Morgan fingerprint density at radius 3 is 2.57 bits per heavy atom. The van der Waals surface area contributed by atoms with Crippen LogP contribution >= 0.6 is 12.2 Å². The van der Waals surface area contributed by atoms with Crippen molar-refractivity contribution in [2.45, 2.75) is 19.1 Å². The molecule has 2 aliphatic rings. The smallest absolute Gasteiger partial charge is 0.267 e. The van der Waals surface area contributed by atoms with Gasteiger partial charge >= 0.3 is 0 Å². The van der Waals surface area contributed by atoms with Gasteiger partial charge in [-0.1, -0.05) is 24.3 Å². The average molecular weight is 490 g/mol. The fourth-order valence-corrected chi connectivity index (χ4v) is 4.20. The number of hydrogen-bond acceptors (Lipinski definition) is 6. The van der Waals surface area contributed by atoms with Gasteiger partial charge in [-0.3, -0.25) is 14.9 Å². The summed E-state index contributed by atoms with van der Waals surface area (Å²) in [5, 5.41) is 5.80. The van der Waals surface area contributed by atoms with E-state index in [9.17, 15) is 9.59 Å². The van der Waals surface area contributed by atoms with Gasteiger partial charge in [0.1, 0.15) is 5.75 Å². The summed E-state index contributed by atoms with van der Waals surface area (Å²) in [6.45, 7) is 0.641. The van der Waals surface area contributed by atoms with Crippen molar-refractivity contribution in [1.29, 1.82) is 0 Å². The molecule has 5 rings (SSSR count). The standard InChI is InChI=1S/C26H23N3O5S/c1-29(14-16-6-11-21-22(12-16)33-15-32-21)25(31)17-7-9-19(10-8-17)27-26(35)28-24(30)23-13-18-4-2-3-5-20(18)34-23/h2-12,23H,13-15H2,1H3,(H2,27,28,30,35). The van der Waals surface area contributed by atoms with Gasteiger partial charge in [0.25, 0.3) is 11.8 Å². The highest BCUT2D eigenvalue weighted by Crippen LogP contribution is 2.33. The zero-order valence-electron chi connectivity index (χ0n) is 18.9. The first kappa shape index (κ1) is 22.7. The van der Waals surface area contributed by atoms with Crippen molar-refractivity contribution >= 4 is 34.8 Å². The lowest BCUT2D eigenvalue weighted by molar-refractivity contribution is -0.125. The predicted molar refractivity (Wildman–Crippen MR) is 134 cm³/mol. The van der Waals surface area contributed by atoms with Crippen LogP contribution in [0.15, 0.2) is 66.7 Å². The Hall–Kier alpha value is -4.11. The molecule has 3 aromatic rings. The summed E-state index contributed by atoms with van der Waals surface area (Å²) >= 11 is 5.27. The van der Waals surface area contributed by atoms with Crippen molar-refractivity contribution in [1.82, 2.24) is 10.2 Å². The molecular formula is C26H23N3O5S. The first-order valence-corrected chi connectivity index (χ1v) is 11.5. The number of nitrogens with one attached hydrogen (secondary N) is 2. The number of benzene rings is 3. The van der Waals surface area contributed by atoms with Crippen molar-refractivity contribution in [3.8, 4) is 17.2 Å². The number of amides is 2. The summed E-state index contributed by atoms with van der Waals surface area (Å²) in [5.74, 6) is 1.68. The molecule has 1 unspecified atom stereocenters. The second-order valence-corrected chi connectivity index (χ2v) is 8.70. The minimum atomic E-state index is -0.618.